The lowest BCUT2D eigenvalue weighted by Crippen LogP contribution is -2.14. The van der Waals surface area contributed by atoms with Crippen LogP contribution in [0, 0.1) is 17.0 Å². The fourth-order valence-electron chi connectivity index (χ4n) is 1.81. The number of nitrogens with one attached hydrogen (secondary N) is 1. The summed E-state index contributed by atoms with van der Waals surface area (Å²) in [5.74, 6) is -0.133. The lowest BCUT2D eigenvalue weighted by Gasteiger charge is -2.10. The van der Waals surface area contributed by atoms with Gasteiger partial charge in [-0.25, -0.2) is 0 Å². The molecule has 1 amide bonds. The Balaban J connectivity index is 0.00000242. The Hall–Kier alpha value is -2.67. The van der Waals surface area contributed by atoms with Gasteiger partial charge in [-0.05, 0) is 25.1 Å². The first-order valence-electron chi connectivity index (χ1n) is 6.08. The Morgan fingerprint density at radius 3 is 2.68 bits per heavy atom. The van der Waals surface area contributed by atoms with Crippen molar-refractivity contribution >= 4 is 29.7 Å². The minimum absolute atomic E-state index is 0. The number of amides is 1. The van der Waals surface area contributed by atoms with Gasteiger partial charge in [0.2, 0.25) is 0 Å². The monoisotopic (exact) mass is 323 g/mol. The predicted octanol–water partition coefficient (Wildman–Crippen LogP) is 2.98. The molecule has 1 aromatic carbocycles. The number of halogens is 1. The van der Waals surface area contributed by atoms with Crippen LogP contribution in [0.3, 0.4) is 0 Å². The molecule has 116 valence electrons. The number of rotatable bonds is 4. The molecule has 1 N–H and O–H groups in total. The third-order valence-electron chi connectivity index (χ3n) is 2.90. The van der Waals surface area contributed by atoms with E-state index in [1.54, 1.807) is 25.3 Å². The van der Waals surface area contributed by atoms with E-state index in [9.17, 15) is 14.9 Å². The summed E-state index contributed by atoms with van der Waals surface area (Å²) in [6.07, 6.45) is 1.60. The first-order valence-corrected chi connectivity index (χ1v) is 6.08. The lowest BCUT2D eigenvalue weighted by atomic mass is 10.2. The number of aromatic nitrogens is 1. The summed E-state index contributed by atoms with van der Waals surface area (Å²) >= 11 is 0. The topological polar surface area (TPSA) is 94.4 Å². The third kappa shape index (κ3) is 3.70. The zero-order valence-electron chi connectivity index (χ0n) is 11.9. The number of benzene rings is 1. The molecule has 0 spiro atoms. The number of ether oxygens (including phenoxy) is 1. The summed E-state index contributed by atoms with van der Waals surface area (Å²) in [7, 11) is 1.38. The van der Waals surface area contributed by atoms with Gasteiger partial charge in [0.1, 0.15) is 5.75 Å². The molecular weight excluding hydrogens is 310 g/mol. The Bertz CT molecular complexity index is 706. The van der Waals surface area contributed by atoms with E-state index in [1.807, 2.05) is 0 Å². The van der Waals surface area contributed by atoms with Crippen molar-refractivity contribution in [3.63, 3.8) is 0 Å². The van der Waals surface area contributed by atoms with Crippen molar-refractivity contribution in [1.82, 2.24) is 4.98 Å². The molecule has 0 atom stereocenters. The maximum absolute atomic E-state index is 12.2. The van der Waals surface area contributed by atoms with Crippen molar-refractivity contribution in [2.45, 2.75) is 6.92 Å². The average Bonchev–Trinajstić information content (AvgIpc) is 2.47. The largest absolute Gasteiger partial charge is 0.494 e. The number of aryl methyl sites for hydroxylation is 1. The summed E-state index contributed by atoms with van der Waals surface area (Å²) in [6, 6.07) is 7.30. The van der Waals surface area contributed by atoms with Gasteiger partial charge in [0.15, 0.2) is 0 Å². The second-order valence-corrected chi connectivity index (χ2v) is 4.23. The van der Waals surface area contributed by atoms with Gasteiger partial charge < -0.3 is 10.1 Å². The number of anilines is 1. The maximum atomic E-state index is 12.2. The number of carbonyl (C=O) groups is 1. The van der Waals surface area contributed by atoms with Crippen LogP contribution in [0.25, 0.3) is 0 Å². The van der Waals surface area contributed by atoms with E-state index in [0.29, 0.717) is 16.9 Å². The van der Waals surface area contributed by atoms with E-state index in [1.165, 1.54) is 25.3 Å². The van der Waals surface area contributed by atoms with Crippen LogP contribution in [-0.4, -0.2) is 22.9 Å². The van der Waals surface area contributed by atoms with Crippen molar-refractivity contribution < 1.29 is 14.5 Å². The standard InChI is InChI=1S/C14H13N3O4.ClH/c1-9-11(4-3-7-15-9)14(18)16-12-6-5-10(17(19)20)8-13(12)21-2;/h3-8H,1-2H3,(H,16,18);1H. The molecule has 1 aromatic heterocycles. The van der Waals surface area contributed by atoms with Gasteiger partial charge >= 0.3 is 0 Å². The van der Waals surface area contributed by atoms with Crippen LogP contribution in [0.5, 0.6) is 5.75 Å². The molecule has 0 bridgehead atoms. The maximum Gasteiger partial charge on any atom is 0.273 e. The number of methoxy groups -OCH3 is 1. The summed E-state index contributed by atoms with van der Waals surface area (Å²) in [4.78, 5) is 26.4. The molecule has 8 heteroatoms. The Labute approximate surface area is 132 Å². The van der Waals surface area contributed by atoms with Crippen LogP contribution in [-0.2, 0) is 0 Å². The molecule has 0 fully saturated rings. The summed E-state index contributed by atoms with van der Waals surface area (Å²) < 4.78 is 5.07. The van der Waals surface area contributed by atoms with Crippen LogP contribution < -0.4 is 10.1 Å². The Morgan fingerprint density at radius 2 is 2.09 bits per heavy atom. The smallest absolute Gasteiger partial charge is 0.273 e. The quantitative estimate of drug-likeness (QED) is 0.689. The van der Waals surface area contributed by atoms with Crippen molar-refractivity contribution in [3.05, 3.63) is 57.9 Å². The molecule has 0 aliphatic rings. The van der Waals surface area contributed by atoms with Gasteiger partial charge in [-0.2, -0.15) is 0 Å². The predicted molar refractivity (Wildman–Crippen MR) is 83.8 cm³/mol. The molecule has 1 heterocycles. The van der Waals surface area contributed by atoms with Crippen LogP contribution in [0.1, 0.15) is 16.1 Å². The van der Waals surface area contributed by atoms with Crippen LogP contribution in [0.4, 0.5) is 11.4 Å². The van der Waals surface area contributed by atoms with Crippen LogP contribution in [0.2, 0.25) is 0 Å². The lowest BCUT2D eigenvalue weighted by molar-refractivity contribution is -0.384. The molecule has 2 rings (SSSR count). The number of pyridine rings is 1. The molecule has 0 saturated carbocycles. The number of nitro benzene ring substituents is 1. The molecule has 0 saturated heterocycles. The van der Waals surface area contributed by atoms with Gasteiger partial charge in [-0.1, -0.05) is 0 Å². The number of hydrogen-bond donors (Lipinski definition) is 1. The Kier molecular flexibility index (Phi) is 5.82. The highest BCUT2D eigenvalue weighted by Gasteiger charge is 2.15. The van der Waals surface area contributed by atoms with Crippen molar-refractivity contribution in [2.75, 3.05) is 12.4 Å². The second-order valence-electron chi connectivity index (χ2n) is 4.23. The number of carbonyl (C=O) groups excluding carboxylic acids is 1. The zero-order chi connectivity index (χ0) is 15.4. The summed E-state index contributed by atoms with van der Waals surface area (Å²) in [5.41, 5.74) is 1.27. The molecule has 7 nitrogen and oxygen atoms in total. The minimum atomic E-state index is -0.528. The van der Waals surface area contributed by atoms with Gasteiger partial charge in [-0.3, -0.25) is 19.9 Å². The van der Waals surface area contributed by atoms with E-state index in [2.05, 4.69) is 10.3 Å². The van der Waals surface area contributed by atoms with Gasteiger partial charge in [0.05, 0.1) is 29.4 Å². The van der Waals surface area contributed by atoms with E-state index in [0.717, 1.165) is 0 Å². The van der Waals surface area contributed by atoms with Gasteiger partial charge in [0, 0.05) is 18.0 Å². The molecule has 0 unspecified atom stereocenters. The van der Waals surface area contributed by atoms with Gasteiger partial charge in [0.25, 0.3) is 11.6 Å². The van der Waals surface area contributed by atoms with E-state index < -0.39 is 4.92 Å². The van der Waals surface area contributed by atoms with Gasteiger partial charge in [-0.15, -0.1) is 12.4 Å². The number of nitro groups is 1. The van der Waals surface area contributed by atoms with Crippen LogP contribution in [0.15, 0.2) is 36.5 Å². The highest BCUT2D eigenvalue weighted by atomic mass is 35.5. The number of nitrogens with zero attached hydrogens (tertiary/aromatic N) is 2. The summed E-state index contributed by atoms with van der Waals surface area (Å²) in [6.45, 7) is 1.72. The van der Waals surface area contributed by atoms with E-state index in [4.69, 9.17) is 4.74 Å². The first-order chi connectivity index (χ1) is 10.0. The normalized spacial score (nSPS) is 9.55. The minimum Gasteiger partial charge on any atom is -0.494 e. The van der Waals surface area contributed by atoms with Crippen molar-refractivity contribution in [3.8, 4) is 5.75 Å². The molecule has 0 radical (unpaired) electrons. The number of non-ortho nitro benzene ring substituents is 1. The average molecular weight is 324 g/mol. The van der Waals surface area contributed by atoms with E-state index >= 15 is 0 Å². The third-order valence-corrected chi connectivity index (χ3v) is 2.90. The van der Waals surface area contributed by atoms with Crippen LogP contribution >= 0.6 is 12.4 Å². The molecule has 0 aliphatic carbocycles. The van der Waals surface area contributed by atoms with E-state index in [-0.39, 0.29) is 29.8 Å². The van der Waals surface area contributed by atoms with Crippen molar-refractivity contribution in [2.24, 2.45) is 0 Å². The second kappa shape index (κ2) is 7.37. The molecular formula is C14H14ClN3O4. The highest BCUT2D eigenvalue weighted by molar-refractivity contribution is 6.05. The first kappa shape index (κ1) is 17.4. The number of hydrogen-bond acceptors (Lipinski definition) is 5. The molecule has 2 aromatic rings. The van der Waals surface area contributed by atoms with Crippen molar-refractivity contribution in [1.29, 1.82) is 0 Å². The SMILES string of the molecule is COc1cc([N+](=O)[O-])ccc1NC(=O)c1cccnc1C.Cl. The molecule has 22 heavy (non-hydrogen) atoms. The highest BCUT2D eigenvalue weighted by Crippen LogP contribution is 2.29. The Morgan fingerprint density at radius 1 is 1.36 bits per heavy atom. The fourth-order valence-corrected chi connectivity index (χ4v) is 1.81. The molecule has 0 aliphatic heterocycles. The fraction of sp³-hybridized carbons (Fsp3) is 0.143. The zero-order valence-corrected chi connectivity index (χ0v) is 12.7. The summed E-state index contributed by atoms with van der Waals surface area (Å²) in [5, 5.41) is 13.4.